The molecule has 1 aliphatic rings. The Morgan fingerprint density at radius 1 is 1.29 bits per heavy atom. The number of methoxy groups -OCH3 is 2. The van der Waals surface area contributed by atoms with Gasteiger partial charge in [-0.3, -0.25) is 9.69 Å². The number of amides is 1. The highest BCUT2D eigenvalue weighted by Crippen LogP contribution is 2.29. The number of nitrogens with zero attached hydrogens (tertiary/aromatic N) is 3. The monoisotopic (exact) mass is 388 g/mol. The van der Waals surface area contributed by atoms with E-state index in [1.807, 2.05) is 24.0 Å². The molecule has 8 heteroatoms. The molecule has 1 aliphatic heterocycles. The van der Waals surface area contributed by atoms with Crippen molar-refractivity contribution < 1.29 is 19.4 Å². The lowest BCUT2D eigenvalue weighted by Gasteiger charge is -2.33. The zero-order valence-electron chi connectivity index (χ0n) is 16.6. The maximum Gasteiger partial charge on any atom is 0.263 e. The van der Waals surface area contributed by atoms with Crippen LogP contribution >= 0.6 is 0 Å². The Balaban J connectivity index is 2.01. The standard InChI is InChI=1S/C20H28N4O4/c1-15(16-4-5-18(27-2)19(12-16)28-3)22-20(26)17(13-21)14-24-8-6-23(7-9-24)10-11-25/h4-5,12,14-15,25H,6-11H2,1-3H3,(H,22,26)/b17-14-. The molecule has 1 atom stereocenters. The van der Waals surface area contributed by atoms with Crippen molar-refractivity contribution in [1.29, 1.82) is 5.26 Å². The van der Waals surface area contributed by atoms with Crippen molar-refractivity contribution >= 4 is 5.91 Å². The fourth-order valence-electron chi connectivity index (χ4n) is 3.06. The summed E-state index contributed by atoms with van der Waals surface area (Å²) in [6.07, 6.45) is 1.62. The van der Waals surface area contributed by atoms with Crippen LogP contribution in [0.15, 0.2) is 30.0 Å². The second-order valence-electron chi connectivity index (χ2n) is 6.57. The summed E-state index contributed by atoms with van der Waals surface area (Å²) in [6.45, 7) is 5.63. The van der Waals surface area contributed by atoms with Crippen LogP contribution in [0.1, 0.15) is 18.5 Å². The number of ether oxygens (including phenoxy) is 2. The second-order valence-corrected chi connectivity index (χ2v) is 6.57. The molecule has 0 radical (unpaired) electrons. The Morgan fingerprint density at radius 2 is 1.96 bits per heavy atom. The topological polar surface area (TPSA) is 98.1 Å². The third-order valence-electron chi connectivity index (χ3n) is 4.76. The first kappa shape index (κ1) is 21.5. The van der Waals surface area contributed by atoms with Gasteiger partial charge in [0.25, 0.3) is 5.91 Å². The fourth-order valence-corrected chi connectivity index (χ4v) is 3.06. The highest BCUT2D eigenvalue weighted by molar-refractivity contribution is 5.97. The van der Waals surface area contributed by atoms with Gasteiger partial charge in [0.2, 0.25) is 0 Å². The first-order valence-electron chi connectivity index (χ1n) is 9.24. The average molecular weight is 388 g/mol. The minimum Gasteiger partial charge on any atom is -0.493 e. The van der Waals surface area contributed by atoms with Crippen LogP contribution in [-0.2, 0) is 4.79 Å². The Kier molecular flexibility index (Phi) is 8.11. The maximum absolute atomic E-state index is 12.5. The number of aliphatic hydroxyl groups is 1. The SMILES string of the molecule is COc1ccc(C(C)NC(=O)/C(C#N)=C\N2CCN(CCO)CC2)cc1OC. The summed E-state index contributed by atoms with van der Waals surface area (Å²) in [6, 6.07) is 7.13. The zero-order valence-corrected chi connectivity index (χ0v) is 16.6. The number of aliphatic hydroxyl groups excluding tert-OH is 1. The molecule has 0 spiro atoms. The van der Waals surface area contributed by atoms with Gasteiger partial charge in [-0.1, -0.05) is 6.07 Å². The Morgan fingerprint density at radius 3 is 2.54 bits per heavy atom. The van der Waals surface area contributed by atoms with Gasteiger partial charge in [0, 0.05) is 38.9 Å². The Bertz CT molecular complexity index is 736. The molecule has 1 unspecified atom stereocenters. The predicted octanol–water partition coefficient (Wildman–Crippen LogP) is 0.898. The molecule has 8 nitrogen and oxygen atoms in total. The van der Waals surface area contributed by atoms with Crippen LogP contribution in [0.5, 0.6) is 11.5 Å². The number of β-amino-alcohol motifs (C(OH)–C–C–N with tert-alkyl or cyclic N) is 1. The molecule has 1 saturated heterocycles. The molecule has 1 aromatic carbocycles. The molecule has 1 heterocycles. The van der Waals surface area contributed by atoms with Crippen molar-refractivity contribution in [2.45, 2.75) is 13.0 Å². The summed E-state index contributed by atoms with van der Waals surface area (Å²) in [4.78, 5) is 16.7. The van der Waals surface area contributed by atoms with Gasteiger partial charge in [0.1, 0.15) is 11.6 Å². The van der Waals surface area contributed by atoms with Crippen LogP contribution in [0.3, 0.4) is 0 Å². The number of carbonyl (C=O) groups is 1. The lowest BCUT2D eigenvalue weighted by atomic mass is 10.1. The second kappa shape index (κ2) is 10.5. The number of hydrogen-bond acceptors (Lipinski definition) is 7. The van der Waals surface area contributed by atoms with Crippen LogP contribution in [0.25, 0.3) is 0 Å². The molecule has 0 aliphatic carbocycles. The third kappa shape index (κ3) is 5.62. The molecule has 0 saturated carbocycles. The van der Waals surface area contributed by atoms with Gasteiger partial charge >= 0.3 is 0 Å². The summed E-state index contributed by atoms with van der Waals surface area (Å²) >= 11 is 0. The zero-order chi connectivity index (χ0) is 20.5. The van der Waals surface area contributed by atoms with Gasteiger partial charge in [0.15, 0.2) is 11.5 Å². The van der Waals surface area contributed by atoms with E-state index in [9.17, 15) is 10.1 Å². The van der Waals surface area contributed by atoms with Crippen molar-refractivity contribution in [2.24, 2.45) is 0 Å². The van der Waals surface area contributed by atoms with Crippen molar-refractivity contribution in [2.75, 3.05) is 53.6 Å². The summed E-state index contributed by atoms with van der Waals surface area (Å²) in [7, 11) is 3.12. The largest absolute Gasteiger partial charge is 0.493 e. The van der Waals surface area contributed by atoms with Crippen molar-refractivity contribution in [1.82, 2.24) is 15.1 Å². The third-order valence-corrected chi connectivity index (χ3v) is 4.76. The van der Waals surface area contributed by atoms with Gasteiger partial charge in [0.05, 0.1) is 26.9 Å². The lowest BCUT2D eigenvalue weighted by molar-refractivity contribution is -0.117. The average Bonchev–Trinajstić information content (AvgIpc) is 2.72. The van der Waals surface area contributed by atoms with Gasteiger partial charge in [-0.2, -0.15) is 5.26 Å². The van der Waals surface area contributed by atoms with E-state index in [0.717, 1.165) is 18.7 Å². The molecule has 2 N–H and O–H groups in total. The number of nitriles is 1. The highest BCUT2D eigenvalue weighted by atomic mass is 16.5. The summed E-state index contributed by atoms with van der Waals surface area (Å²) in [5, 5.41) is 21.3. The van der Waals surface area contributed by atoms with Crippen LogP contribution in [0.2, 0.25) is 0 Å². The highest BCUT2D eigenvalue weighted by Gasteiger charge is 2.19. The molecular weight excluding hydrogens is 360 g/mol. The molecule has 0 aromatic heterocycles. The summed E-state index contributed by atoms with van der Waals surface area (Å²) in [5.74, 6) is 0.781. The number of hydrogen-bond donors (Lipinski definition) is 2. The Hall–Kier alpha value is -2.76. The van der Waals surface area contributed by atoms with Gasteiger partial charge in [-0.25, -0.2) is 0 Å². The smallest absolute Gasteiger partial charge is 0.263 e. The van der Waals surface area contributed by atoms with Crippen molar-refractivity contribution in [3.8, 4) is 17.6 Å². The minimum absolute atomic E-state index is 0.0722. The maximum atomic E-state index is 12.5. The quantitative estimate of drug-likeness (QED) is 0.504. The van der Waals surface area contributed by atoms with Gasteiger partial charge in [-0.15, -0.1) is 0 Å². The van der Waals surface area contributed by atoms with Crippen molar-refractivity contribution in [3.05, 3.63) is 35.5 Å². The first-order chi connectivity index (χ1) is 13.5. The number of carbonyl (C=O) groups excluding carboxylic acids is 1. The molecule has 1 aromatic rings. The number of nitrogens with one attached hydrogen (secondary N) is 1. The fraction of sp³-hybridized carbons (Fsp3) is 0.500. The Labute approximate surface area is 165 Å². The molecule has 152 valence electrons. The number of benzene rings is 1. The van der Waals surface area contributed by atoms with E-state index in [1.54, 1.807) is 32.6 Å². The number of piperazine rings is 1. The van der Waals surface area contributed by atoms with Crippen molar-refractivity contribution in [3.63, 3.8) is 0 Å². The molecule has 0 bridgehead atoms. The van der Waals surface area contributed by atoms with E-state index in [2.05, 4.69) is 10.2 Å². The van der Waals surface area contributed by atoms with Gasteiger partial charge < -0.3 is 24.8 Å². The summed E-state index contributed by atoms with van der Waals surface area (Å²) in [5.41, 5.74) is 0.920. The normalized spacial score (nSPS) is 16.2. The van der Waals surface area contributed by atoms with E-state index in [4.69, 9.17) is 14.6 Å². The van der Waals surface area contributed by atoms with E-state index in [-0.39, 0.29) is 18.2 Å². The van der Waals surface area contributed by atoms with Crippen LogP contribution in [0, 0.1) is 11.3 Å². The van der Waals surface area contributed by atoms with Crippen LogP contribution in [0.4, 0.5) is 0 Å². The summed E-state index contributed by atoms with van der Waals surface area (Å²) < 4.78 is 10.5. The number of rotatable bonds is 8. The van der Waals surface area contributed by atoms with E-state index in [0.29, 0.717) is 31.1 Å². The molecule has 1 amide bonds. The molecular formula is C20H28N4O4. The van der Waals surface area contributed by atoms with E-state index >= 15 is 0 Å². The van der Waals surface area contributed by atoms with Crippen LogP contribution < -0.4 is 14.8 Å². The lowest BCUT2D eigenvalue weighted by Crippen LogP contribution is -2.45. The van der Waals surface area contributed by atoms with E-state index in [1.165, 1.54) is 0 Å². The minimum atomic E-state index is -0.414. The van der Waals surface area contributed by atoms with Gasteiger partial charge in [-0.05, 0) is 24.6 Å². The van der Waals surface area contributed by atoms with Crippen LogP contribution in [-0.4, -0.2) is 74.4 Å². The molecule has 1 fully saturated rings. The first-order valence-corrected chi connectivity index (χ1v) is 9.24. The molecule has 28 heavy (non-hydrogen) atoms. The predicted molar refractivity (Wildman–Crippen MR) is 105 cm³/mol. The van der Waals surface area contributed by atoms with E-state index < -0.39 is 5.91 Å². The molecule has 2 rings (SSSR count).